The van der Waals surface area contributed by atoms with Crippen molar-refractivity contribution in [1.82, 2.24) is 0 Å². The quantitative estimate of drug-likeness (QED) is 0.749. The summed E-state index contributed by atoms with van der Waals surface area (Å²) in [6.45, 7) is 6.81. The van der Waals surface area contributed by atoms with Gasteiger partial charge in [-0.15, -0.1) is 0 Å². The fraction of sp³-hybridized carbons (Fsp3) is 1.00. The first-order chi connectivity index (χ1) is 5.65. The average molecular weight is 205 g/mol. The van der Waals surface area contributed by atoms with E-state index >= 15 is 0 Å². The summed E-state index contributed by atoms with van der Waals surface area (Å²) in [5, 5.41) is 2.26. The maximum atomic E-state index is 6.02. The fourth-order valence-corrected chi connectivity index (χ4v) is 4.45. The van der Waals surface area contributed by atoms with Gasteiger partial charge in [-0.1, -0.05) is 20.8 Å². The van der Waals surface area contributed by atoms with Gasteiger partial charge in [-0.2, -0.15) is 23.5 Å². The molecule has 2 N–H and O–H groups in total. The third kappa shape index (κ3) is 2.57. The molecule has 4 atom stereocenters. The molecule has 1 rings (SSSR count). The molecule has 0 aromatic carbocycles. The molecule has 12 heavy (non-hydrogen) atoms. The summed E-state index contributed by atoms with van der Waals surface area (Å²) >= 11 is 4.16. The molecule has 0 aliphatic carbocycles. The molecule has 1 aliphatic heterocycles. The molecular weight excluding hydrogens is 186 g/mol. The van der Waals surface area contributed by atoms with Crippen LogP contribution in [0, 0.1) is 0 Å². The first kappa shape index (κ1) is 10.7. The Morgan fingerprint density at radius 2 is 2.08 bits per heavy atom. The largest absolute Gasteiger partial charge is 0.327 e. The maximum Gasteiger partial charge on any atom is 0.0292 e. The maximum absolute atomic E-state index is 6.02. The molecule has 1 fully saturated rings. The lowest BCUT2D eigenvalue weighted by molar-refractivity contribution is 0.640. The normalized spacial score (nSPS) is 39.5. The Labute approximate surface area is 84.2 Å². The molecule has 3 heteroatoms. The second-order valence-electron chi connectivity index (χ2n) is 3.49. The van der Waals surface area contributed by atoms with E-state index in [0.29, 0.717) is 11.3 Å². The highest BCUT2D eigenvalue weighted by atomic mass is 32.2. The molecule has 0 aromatic heterocycles. The van der Waals surface area contributed by atoms with Gasteiger partial charge >= 0.3 is 0 Å². The van der Waals surface area contributed by atoms with Crippen LogP contribution in [0.1, 0.15) is 27.2 Å². The van der Waals surface area contributed by atoms with E-state index in [0.717, 1.165) is 16.9 Å². The molecule has 1 nitrogen and oxygen atoms in total. The van der Waals surface area contributed by atoms with Crippen molar-refractivity contribution in [3.8, 4) is 0 Å². The molecule has 1 saturated heterocycles. The van der Waals surface area contributed by atoms with Crippen LogP contribution < -0.4 is 5.73 Å². The third-order valence-corrected chi connectivity index (χ3v) is 6.10. The van der Waals surface area contributed by atoms with Gasteiger partial charge in [0.15, 0.2) is 0 Å². The summed E-state index contributed by atoms with van der Waals surface area (Å²) in [4.78, 5) is 0. The van der Waals surface area contributed by atoms with Gasteiger partial charge in [0, 0.05) is 27.5 Å². The number of thioether (sulfide) groups is 2. The zero-order valence-corrected chi connectivity index (χ0v) is 9.75. The zero-order valence-electron chi connectivity index (χ0n) is 8.12. The fourth-order valence-electron chi connectivity index (χ4n) is 1.30. The highest BCUT2D eigenvalue weighted by Crippen LogP contribution is 2.36. The van der Waals surface area contributed by atoms with Crippen molar-refractivity contribution in [2.75, 3.05) is 5.75 Å². The molecule has 0 spiro atoms. The van der Waals surface area contributed by atoms with Crippen molar-refractivity contribution < 1.29 is 0 Å². The van der Waals surface area contributed by atoms with Gasteiger partial charge in [0.1, 0.15) is 0 Å². The zero-order chi connectivity index (χ0) is 9.14. The molecule has 0 radical (unpaired) electrons. The van der Waals surface area contributed by atoms with Crippen molar-refractivity contribution in [3.05, 3.63) is 0 Å². The molecule has 0 bridgehead atoms. The molecule has 0 amide bonds. The highest BCUT2D eigenvalue weighted by Gasteiger charge is 2.28. The van der Waals surface area contributed by atoms with Crippen LogP contribution in [0.4, 0.5) is 0 Å². The van der Waals surface area contributed by atoms with Crippen LogP contribution in [0.5, 0.6) is 0 Å². The third-order valence-electron chi connectivity index (χ3n) is 2.52. The molecule has 1 aliphatic rings. The smallest absolute Gasteiger partial charge is 0.0292 e. The minimum atomic E-state index is 0.400. The predicted octanol–water partition coefficient (Wildman–Crippen LogP) is 2.35. The average Bonchev–Trinajstić information content (AvgIpc) is 2.08. The van der Waals surface area contributed by atoms with Gasteiger partial charge in [0.05, 0.1) is 0 Å². The lowest BCUT2D eigenvalue weighted by Crippen LogP contribution is -2.39. The molecular formula is C9H19NS2. The van der Waals surface area contributed by atoms with E-state index in [1.54, 1.807) is 0 Å². The van der Waals surface area contributed by atoms with E-state index in [-0.39, 0.29) is 0 Å². The Hall–Kier alpha value is 0.660. The summed E-state index contributed by atoms with van der Waals surface area (Å²) in [5.74, 6) is 1.24. The van der Waals surface area contributed by atoms with E-state index in [4.69, 9.17) is 5.73 Å². The van der Waals surface area contributed by atoms with Crippen LogP contribution >= 0.6 is 23.5 Å². The second kappa shape index (κ2) is 4.77. The van der Waals surface area contributed by atoms with Crippen molar-refractivity contribution in [3.63, 3.8) is 0 Å². The molecule has 1 heterocycles. The molecule has 72 valence electrons. The lowest BCUT2D eigenvalue weighted by atomic mass is 10.2. The monoisotopic (exact) mass is 205 g/mol. The Bertz CT molecular complexity index is 140. The van der Waals surface area contributed by atoms with Crippen LogP contribution in [0.3, 0.4) is 0 Å². The minimum absolute atomic E-state index is 0.400. The Morgan fingerprint density at radius 3 is 2.58 bits per heavy atom. The molecule has 0 saturated carbocycles. The van der Waals surface area contributed by atoms with Gasteiger partial charge in [0.25, 0.3) is 0 Å². The number of hydrogen-bond donors (Lipinski definition) is 1. The van der Waals surface area contributed by atoms with Gasteiger partial charge in [-0.3, -0.25) is 0 Å². The number of rotatable bonds is 2. The van der Waals surface area contributed by atoms with Gasteiger partial charge < -0.3 is 5.73 Å². The lowest BCUT2D eigenvalue weighted by Gasteiger charge is -2.34. The summed E-state index contributed by atoms with van der Waals surface area (Å²) in [5.41, 5.74) is 6.02. The number of nitrogens with two attached hydrogens (primary N) is 1. The predicted molar refractivity (Wildman–Crippen MR) is 61.0 cm³/mol. The van der Waals surface area contributed by atoms with Crippen molar-refractivity contribution in [1.29, 1.82) is 0 Å². The SMILES string of the molecule is CC[C@@H](N)C1CSC(C)C(C)S1. The van der Waals surface area contributed by atoms with Crippen LogP contribution in [0.15, 0.2) is 0 Å². The highest BCUT2D eigenvalue weighted by molar-refractivity contribution is 8.07. The van der Waals surface area contributed by atoms with Crippen molar-refractivity contribution >= 4 is 23.5 Å². The van der Waals surface area contributed by atoms with E-state index in [1.165, 1.54) is 5.75 Å². The summed E-state index contributed by atoms with van der Waals surface area (Å²) < 4.78 is 0. The van der Waals surface area contributed by atoms with Crippen molar-refractivity contribution in [2.45, 2.75) is 49.0 Å². The second-order valence-corrected chi connectivity index (χ2v) is 6.52. The molecule has 0 aromatic rings. The Morgan fingerprint density at radius 1 is 1.42 bits per heavy atom. The topological polar surface area (TPSA) is 26.0 Å². The summed E-state index contributed by atoms with van der Waals surface area (Å²) in [6, 6.07) is 0.400. The standard InChI is InChI=1S/C9H19NS2/c1-4-8(10)9-5-11-6(2)7(3)12-9/h6-9H,4-5,10H2,1-3H3/t6?,7?,8-,9?/m1/s1. The first-order valence-corrected chi connectivity index (χ1v) is 6.67. The Kier molecular flexibility index (Phi) is 4.27. The van der Waals surface area contributed by atoms with E-state index in [2.05, 4.69) is 44.3 Å². The number of hydrogen-bond acceptors (Lipinski definition) is 3. The van der Waals surface area contributed by atoms with E-state index in [9.17, 15) is 0 Å². The molecule has 3 unspecified atom stereocenters. The van der Waals surface area contributed by atoms with Crippen molar-refractivity contribution in [2.24, 2.45) is 5.73 Å². The Balaban J connectivity index is 2.39. The minimum Gasteiger partial charge on any atom is -0.327 e. The van der Waals surface area contributed by atoms with E-state index in [1.807, 2.05) is 0 Å². The van der Waals surface area contributed by atoms with E-state index < -0.39 is 0 Å². The summed E-state index contributed by atoms with van der Waals surface area (Å²) in [6.07, 6.45) is 1.11. The van der Waals surface area contributed by atoms with Crippen LogP contribution in [0.2, 0.25) is 0 Å². The van der Waals surface area contributed by atoms with Gasteiger partial charge in [-0.25, -0.2) is 0 Å². The van der Waals surface area contributed by atoms with Crippen LogP contribution in [-0.2, 0) is 0 Å². The van der Waals surface area contributed by atoms with Crippen LogP contribution in [-0.4, -0.2) is 27.5 Å². The summed E-state index contributed by atoms with van der Waals surface area (Å²) in [7, 11) is 0. The van der Waals surface area contributed by atoms with Gasteiger partial charge in [0.2, 0.25) is 0 Å². The van der Waals surface area contributed by atoms with Crippen LogP contribution in [0.25, 0.3) is 0 Å². The van der Waals surface area contributed by atoms with Gasteiger partial charge in [-0.05, 0) is 6.42 Å². The first-order valence-electron chi connectivity index (χ1n) is 4.67.